The average Bonchev–Trinajstić information content (AvgIpc) is 1.99. The average molecular weight is 247 g/mol. The van der Waals surface area contributed by atoms with Crippen molar-refractivity contribution in [3.63, 3.8) is 0 Å². The Morgan fingerprint density at radius 1 is 0.800 bits per heavy atom. The fourth-order valence-electron chi connectivity index (χ4n) is 2.73. The van der Waals surface area contributed by atoms with Gasteiger partial charge in [0.05, 0.1) is 0 Å². The molecule has 0 heterocycles. The molecule has 1 nitrogen and oxygen atoms in total. The van der Waals surface area contributed by atoms with Crippen LogP contribution in [-0.2, 0) is 4.12 Å². The van der Waals surface area contributed by atoms with Crippen molar-refractivity contribution in [2.45, 2.75) is 59.7 Å². The minimum absolute atomic E-state index is 0.795. The highest BCUT2D eigenvalue weighted by Crippen LogP contribution is 2.32. The van der Waals surface area contributed by atoms with Crippen LogP contribution in [0.3, 0.4) is 0 Å². The molecule has 0 aromatic rings. The summed E-state index contributed by atoms with van der Waals surface area (Å²) >= 11 is 0. The Labute approximate surface area is 101 Å². The number of rotatable bonds is 7. The maximum absolute atomic E-state index is 6.15. The lowest BCUT2D eigenvalue weighted by Gasteiger charge is -2.35. The molecule has 92 valence electrons. The van der Waals surface area contributed by atoms with E-state index in [2.05, 4.69) is 41.5 Å². The minimum atomic E-state index is -1.40. The molecule has 0 aliphatic heterocycles. The van der Waals surface area contributed by atoms with Gasteiger partial charge in [-0.1, -0.05) is 41.5 Å². The van der Waals surface area contributed by atoms with Crippen molar-refractivity contribution in [2.75, 3.05) is 0 Å². The highest BCUT2D eigenvalue weighted by atomic mass is 28.4. The summed E-state index contributed by atoms with van der Waals surface area (Å²) in [5, 5.41) is 0. The fourth-order valence-corrected chi connectivity index (χ4v) is 9.70. The van der Waals surface area contributed by atoms with Crippen molar-refractivity contribution in [3.8, 4) is 0 Å². The molecule has 0 N–H and O–H groups in total. The van der Waals surface area contributed by atoms with Gasteiger partial charge in [-0.15, -0.1) is 0 Å². The summed E-state index contributed by atoms with van der Waals surface area (Å²) in [6.45, 7) is 14.0. The Morgan fingerprint density at radius 2 is 1.07 bits per heavy atom. The van der Waals surface area contributed by atoms with E-state index >= 15 is 0 Å². The van der Waals surface area contributed by atoms with Crippen LogP contribution in [0.4, 0.5) is 0 Å². The zero-order chi connectivity index (χ0) is 12.1. The lowest BCUT2D eigenvalue weighted by molar-refractivity contribution is 0.505. The molecule has 0 saturated heterocycles. The van der Waals surface area contributed by atoms with E-state index in [1.807, 2.05) is 0 Å². The van der Waals surface area contributed by atoms with E-state index in [9.17, 15) is 0 Å². The largest absolute Gasteiger partial charge is 0.463 e. The SMILES string of the molecule is CC(C)C[Si](CC(C)C)(CC(C)C)O[SiH3]. The van der Waals surface area contributed by atoms with Gasteiger partial charge in [0, 0.05) is 0 Å². The van der Waals surface area contributed by atoms with Gasteiger partial charge in [-0.3, -0.25) is 0 Å². The molecule has 0 aliphatic carbocycles. The summed E-state index contributed by atoms with van der Waals surface area (Å²) in [6, 6.07) is 4.06. The maximum atomic E-state index is 6.15. The standard InChI is InChI=1S/C12H30OSi2/c1-10(2)7-15(13-14,8-11(3)4)9-12(5)6/h10-12H,7-9H2,1-6,14H3. The van der Waals surface area contributed by atoms with Crippen LogP contribution >= 0.6 is 0 Å². The van der Waals surface area contributed by atoms with Gasteiger partial charge in [0.2, 0.25) is 0 Å². The minimum Gasteiger partial charge on any atom is -0.463 e. The molecule has 0 rings (SSSR count). The van der Waals surface area contributed by atoms with Gasteiger partial charge in [-0.2, -0.15) is 0 Å². The van der Waals surface area contributed by atoms with Crippen molar-refractivity contribution in [2.24, 2.45) is 17.8 Å². The molecule has 0 spiro atoms. The third-order valence-electron chi connectivity index (χ3n) is 2.77. The van der Waals surface area contributed by atoms with Crippen LogP contribution in [0.1, 0.15) is 41.5 Å². The molecule has 0 radical (unpaired) electrons. The topological polar surface area (TPSA) is 9.23 Å². The highest BCUT2D eigenvalue weighted by molar-refractivity contribution is 6.76. The molecular weight excluding hydrogens is 216 g/mol. The molecule has 3 heteroatoms. The summed E-state index contributed by atoms with van der Waals surface area (Å²) in [5.41, 5.74) is 0. The molecule has 0 atom stereocenters. The predicted molar refractivity (Wildman–Crippen MR) is 75.7 cm³/mol. The lowest BCUT2D eigenvalue weighted by Crippen LogP contribution is -2.41. The second-order valence-corrected chi connectivity index (χ2v) is 11.4. The Morgan fingerprint density at radius 3 is 1.20 bits per heavy atom. The molecule has 0 bridgehead atoms. The van der Waals surface area contributed by atoms with E-state index in [4.69, 9.17) is 4.12 Å². The van der Waals surface area contributed by atoms with E-state index < -0.39 is 8.32 Å². The van der Waals surface area contributed by atoms with E-state index in [1.54, 1.807) is 0 Å². The normalized spacial score (nSPS) is 13.4. The maximum Gasteiger partial charge on any atom is 0.179 e. The van der Waals surface area contributed by atoms with Crippen molar-refractivity contribution in [3.05, 3.63) is 0 Å². The molecule has 0 fully saturated rings. The van der Waals surface area contributed by atoms with Crippen LogP contribution in [0.15, 0.2) is 0 Å². The first-order valence-electron chi connectivity index (χ1n) is 6.36. The van der Waals surface area contributed by atoms with Crippen molar-refractivity contribution in [1.29, 1.82) is 0 Å². The second-order valence-electron chi connectivity index (χ2n) is 6.18. The van der Waals surface area contributed by atoms with E-state index in [0.717, 1.165) is 28.2 Å². The second kappa shape index (κ2) is 6.87. The molecule has 0 aromatic carbocycles. The molecule has 15 heavy (non-hydrogen) atoms. The summed E-state index contributed by atoms with van der Waals surface area (Å²) in [7, 11) is -0.473. The van der Waals surface area contributed by atoms with Crippen molar-refractivity contribution >= 4 is 18.8 Å². The first-order valence-corrected chi connectivity index (χ1v) is 9.71. The summed E-state index contributed by atoms with van der Waals surface area (Å²) < 4.78 is 6.15. The van der Waals surface area contributed by atoms with Gasteiger partial charge in [0.15, 0.2) is 8.32 Å². The lowest BCUT2D eigenvalue weighted by atomic mass is 10.3. The van der Waals surface area contributed by atoms with Gasteiger partial charge >= 0.3 is 0 Å². The fraction of sp³-hybridized carbons (Fsp3) is 1.00. The zero-order valence-corrected chi connectivity index (χ0v) is 14.8. The van der Waals surface area contributed by atoms with E-state index in [0.29, 0.717) is 0 Å². The molecule has 0 aromatic heterocycles. The quantitative estimate of drug-likeness (QED) is 0.627. The Hall–Kier alpha value is 0.394. The van der Waals surface area contributed by atoms with Crippen LogP contribution in [0.2, 0.25) is 18.1 Å². The summed E-state index contributed by atoms with van der Waals surface area (Å²) in [4.78, 5) is 0. The van der Waals surface area contributed by atoms with Gasteiger partial charge < -0.3 is 4.12 Å². The Bertz CT molecular complexity index is 140. The first kappa shape index (κ1) is 15.4. The van der Waals surface area contributed by atoms with Crippen LogP contribution in [0.5, 0.6) is 0 Å². The number of hydrogen-bond acceptors (Lipinski definition) is 1. The number of hydrogen-bond donors (Lipinski definition) is 0. The predicted octanol–water partition coefficient (Wildman–Crippen LogP) is 3.20. The van der Waals surface area contributed by atoms with Crippen molar-refractivity contribution in [1.82, 2.24) is 0 Å². The van der Waals surface area contributed by atoms with Crippen LogP contribution in [-0.4, -0.2) is 18.8 Å². The summed E-state index contributed by atoms with van der Waals surface area (Å²) in [6.07, 6.45) is 0. The van der Waals surface area contributed by atoms with Gasteiger partial charge in [0.1, 0.15) is 10.5 Å². The highest BCUT2D eigenvalue weighted by Gasteiger charge is 2.35. The monoisotopic (exact) mass is 246 g/mol. The van der Waals surface area contributed by atoms with E-state index in [-0.39, 0.29) is 0 Å². The Kier molecular flexibility index (Phi) is 7.05. The zero-order valence-electron chi connectivity index (χ0n) is 11.8. The Balaban J connectivity index is 4.59. The third-order valence-corrected chi connectivity index (χ3v) is 10.9. The molecule has 0 amide bonds. The smallest absolute Gasteiger partial charge is 0.179 e. The van der Waals surface area contributed by atoms with Crippen molar-refractivity contribution < 1.29 is 4.12 Å². The third kappa shape index (κ3) is 6.53. The van der Waals surface area contributed by atoms with Gasteiger partial charge in [0.25, 0.3) is 0 Å². The van der Waals surface area contributed by atoms with Crippen LogP contribution in [0, 0.1) is 17.8 Å². The van der Waals surface area contributed by atoms with E-state index in [1.165, 1.54) is 18.1 Å². The molecular formula is C12H30OSi2. The first-order chi connectivity index (χ1) is 6.81. The van der Waals surface area contributed by atoms with Gasteiger partial charge in [-0.25, -0.2) is 0 Å². The summed E-state index contributed by atoms with van der Waals surface area (Å²) in [5.74, 6) is 2.38. The van der Waals surface area contributed by atoms with Crippen LogP contribution < -0.4 is 0 Å². The molecule has 0 aliphatic rings. The van der Waals surface area contributed by atoms with Gasteiger partial charge in [-0.05, 0) is 35.9 Å². The molecule has 0 unspecified atom stereocenters. The molecule has 0 saturated carbocycles. The van der Waals surface area contributed by atoms with Crippen LogP contribution in [0.25, 0.3) is 0 Å².